The fraction of sp³-hybridized carbons (Fsp3) is 0.143. The summed E-state index contributed by atoms with van der Waals surface area (Å²) in [5.74, 6) is 0.0612. The van der Waals surface area contributed by atoms with Crippen LogP contribution in [-0.2, 0) is 13.2 Å². The first kappa shape index (κ1) is 17.8. The second-order valence-corrected chi connectivity index (χ2v) is 6.33. The van der Waals surface area contributed by atoms with Gasteiger partial charge in [0.2, 0.25) is 0 Å². The number of nitrogens with zero attached hydrogens (tertiary/aromatic N) is 1. The molecule has 4 aromatic rings. The molecule has 0 aliphatic carbocycles. The van der Waals surface area contributed by atoms with Gasteiger partial charge in [0.15, 0.2) is 11.6 Å². The van der Waals surface area contributed by atoms with Crippen molar-refractivity contribution in [3.63, 3.8) is 0 Å². The van der Waals surface area contributed by atoms with Crippen molar-refractivity contribution < 1.29 is 18.3 Å². The zero-order valence-corrected chi connectivity index (χ0v) is 15.2. The van der Waals surface area contributed by atoms with Crippen molar-refractivity contribution in [2.75, 3.05) is 0 Å². The van der Waals surface area contributed by atoms with Gasteiger partial charge >= 0.3 is 0 Å². The van der Waals surface area contributed by atoms with Crippen LogP contribution in [0.2, 0.25) is 0 Å². The van der Waals surface area contributed by atoms with E-state index in [1.165, 1.54) is 12.1 Å². The zero-order valence-electron chi connectivity index (χ0n) is 15.2. The Balaban J connectivity index is 1.37. The lowest BCUT2D eigenvalue weighted by Crippen LogP contribution is -2.23. The SMILES string of the molecule is Cc1c(CNC(=O)c2cc(COc3ccccc3F)[nH]n2)oc2ccccc12. The maximum absolute atomic E-state index is 13.6. The van der Waals surface area contributed by atoms with Crippen LogP contribution in [-0.4, -0.2) is 16.1 Å². The van der Waals surface area contributed by atoms with E-state index in [0.29, 0.717) is 11.5 Å². The number of hydrogen-bond acceptors (Lipinski definition) is 4. The van der Waals surface area contributed by atoms with Gasteiger partial charge in [0.25, 0.3) is 5.91 Å². The molecule has 0 fully saturated rings. The summed E-state index contributed by atoms with van der Waals surface area (Å²) < 4.78 is 24.8. The third-order valence-electron chi connectivity index (χ3n) is 4.44. The molecule has 0 spiro atoms. The van der Waals surface area contributed by atoms with Crippen LogP contribution in [0.1, 0.15) is 27.5 Å². The van der Waals surface area contributed by atoms with Crippen molar-refractivity contribution in [1.29, 1.82) is 0 Å². The molecule has 2 aromatic carbocycles. The number of aryl methyl sites for hydroxylation is 1. The average Bonchev–Trinajstić information content (AvgIpc) is 3.31. The number of amides is 1. The Labute approximate surface area is 160 Å². The van der Waals surface area contributed by atoms with Gasteiger partial charge in [-0.3, -0.25) is 9.89 Å². The number of H-pyrrole nitrogens is 1. The lowest BCUT2D eigenvalue weighted by atomic mass is 10.1. The number of carbonyl (C=O) groups excluding carboxylic acids is 1. The second kappa shape index (κ2) is 7.56. The van der Waals surface area contributed by atoms with Gasteiger partial charge in [-0.05, 0) is 31.2 Å². The van der Waals surface area contributed by atoms with Crippen molar-refractivity contribution in [1.82, 2.24) is 15.5 Å². The number of aromatic nitrogens is 2. The van der Waals surface area contributed by atoms with Crippen molar-refractivity contribution in [2.45, 2.75) is 20.1 Å². The van der Waals surface area contributed by atoms with Gasteiger partial charge in [-0.15, -0.1) is 0 Å². The van der Waals surface area contributed by atoms with E-state index in [1.54, 1.807) is 18.2 Å². The minimum absolute atomic E-state index is 0.0733. The summed E-state index contributed by atoms with van der Waals surface area (Å²) in [7, 11) is 0. The Kier molecular flexibility index (Phi) is 4.80. The number of ether oxygens (including phenoxy) is 1. The molecule has 0 atom stereocenters. The summed E-state index contributed by atoms with van der Waals surface area (Å²) in [6.45, 7) is 2.29. The molecule has 0 radical (unpaired) electrons. The predicted molar refractivity (Wildman–Crippen MR) is 101 cm³/mol. The highest BCUT2D eigenvalue weighted by atomic mass is 19.1. The molecule has 0 saturated carbocycles. The highest BCUT2D eigenvalue weighted by molar-refractivity contribution is 5.92. The molecule has 2 heterocycles. The first-order chi connectivity index (χ1) is 13.6. The molecule has 28 heavy (non-hydrogen) atoms. The molecule has 0 aliphatic rings. The Morgan fingerprint density at radius 2 is 2.00 bits per heavy atom. The number of furan rings is 1. The van der Waals surface area contributed by atoms with E-state index in [9.17, 15) is 9.18 Å². The Hall–Kier alpha value is -3.61. The molecule has 6 nitrogen and oxygen atoms in total. The van der Waals surface area contributed by atoms with Crippen LogP contribution in [0.15, 0.2) is 59.0 Å². The standard InChI is InChI=1S/C21H18FN3O3/c1-13-15-6-2-4-8-18(15)28-20(13)11-23-21(26)17-10-14(24-25-17)12-27-19-9-5-3-7-16(19)22/h2-10H,11-12H2,1H3,(H,23,26)(H,24,25). The van der Waals surface area contributed by atoms with E-state index in [-0.39, 0.29) is 30.5 Å². The van der Waals surface area contributed by atoms with Crippen molar-refractivity contribution in [3.05, 3.63) is 83.1 Å². The molecular formula is C21H18FN3O3. The van der Waals surface area contributed by atoms with Crippen molar-refractivity contribution in [3.8, 4) is 5.75 Å². The Morgan fingerprint density at radius 3 is 2.82 bits per heavy atom. The largest absolute Gasteiger partial charge is 0.484 e. The lowest BCUT2D eigenvalue weighted by Gasteiger charge is -2.04. The number of para-hydroxylation sites is 2. The molecular weight excluding hydrogens is 361 g/mol. The maximum Gasteiger partial charge on any atom is 0.272 e. The van der Waals surface area contributed by atoms with E-state index in [0.717, 1.165) is 16.5 Å². The van der Waals surface area contributed by atoms with E-state index >= 15 is 0 Å². The quantitative estimate of drug-likeness (QED) is 0.528. The number of carbonyl (C=O) groups is 1. The summed E-state index contributed by atoms with van der Waals surface area (Å²) in [5.41, 5.74) is 2.57. The minimum atomic E-state index is -0.443. The van der Waals surface area contributed by atoms with Crippen LogP contribution in [0.3, 0.4) is 0 Å². The van der Waals surface area contributed by atoms with Crippen LogP contribution in [0.4, 0.5) is 4.39 Å². The van der Waals surface area contributed by atoms with E-state index < -0.39 is 5.82 Å². The number of fused-ring (bicyclic) bond motifs is 1. The number of rotatable bonds is 6. The van der Waals surface area contributed by atoms with E-state index in [4.69, 9.17) is 9.15 Å². The smallest absolute Gasteiger partial charge is 0.272 e. The van der Waals surface area contributed by atoms with Gasteiger partial charge in [-0.2, -0.15) is 5.10 Å². The summed E-state index contributed by atoms with van der Waals surface area (Å²) in [6.07, 6.45) is 0. The average molecular weight is 379 g/mol. The van der Waals surface area contributed by atoms with Gasteiger partial charge in [-0.25, -0.2) is 4.39 Å². The van der Waals surface area contributed by atoms with Gasteiger partial charge in [-0.1, -0.05) is 30.3 Å². The zero-order chi connectivity index (χ0) is 19.5. The topological polar surface area (TPSA) is 80.1 Å². The summed E-state index contributed by atoms with van der Waals surface area (Å²) in [5, 5.41) is 10.5. The number of nitrogens with one attached hydrogen (secondary N) is 2. The molecule has 142 valence electrons. The first-order valence-electron chi connectivity index (χ1n) is 8.78. The third-order valence-corrected chi connectivity index (χ3v) is 4.44. The first-order valence-corrected chi connectivity index (χ1v) is 8.78. The fourth-order valence-electron chi connectivity index (χ4n) is 2.91. The highest BCUT2D eigenvalue weighted by Gasteiger charge is 2.14. The minimum Gasteiger partial charge on any atom is -0.484 e. The molecule has 0 saturated heterocycles. The molecule has 4 rings (SSSR count). The normalized spacial score (nSPS) is 10.9. The van der Waals surface area contributed by atoms with Gasteiger partial charge < -0.3 is 14.5 Å². The molecule has 1 amide bonds. The van der Waals surface area contributed by atoms with Crippen molar-refractivity contribution >= 4 is 16.9 Å². The van der Waals surface area contributed by atoms with Crippen LogP contribution in [0.5, 0.6) is 5.75 Å². The molecule has 0 unspecified atom stereocenters. The van der Waals surface area contributed by atoms with Gasteiger partial charge in [0.05, 0.1) is 12.2 Å². The lowest BCUT2D eigenvalue weighted by molar-refractivity contribution is 0.0943. The van der Waals surface area contributed by atoms with Gasteiger partial charge in [0.1, 0.15) is 23.6 Å². The Morgan fingerprint density at radius 1 is 1.21 bits per heavy atom. The summed E-state index contributed by atoms with van der Waals surface area (Å²) in [4.78, 5) is 12.4. The predicted octanol–water partition coefficient (Wildman–Crippen LogP) is 4.11. The molecule has 2 aromatic heterocycles. The Bertz CT molecular complexity index is 1130. The second-order valence-electron chi connectivity index (χ2n) is 6.33. The van der Waals surface area contributed by atoms with Crippen LogP contribution >= 0.6 is 0 Å². The number of halogens is 1. The molecule has 7 heteroatoms. The van der Waals surface area contributed by atoms with Crippen molar-refractivity contribution in [2.24, 2.45) is 0 Å². The molecule has 2 N–H and O–H groups in total. The van der Waals surface area contributed by atoms with Crippen LogP contribution in [0.25, 0.3) is 11.0 Å². The summed E-state index contributed by atoms with van der Waals surface area (Å²) in [6, 6.07) is 15.4. The number of aromatic amines is 1. The van der Waals surface area contributed by atoms with E-state index in [1.807, 2.05) is 31.2 Å². The highest BCUT2D eigenvalue weighted by Crippen LogP contribution is 2.24. The monoisotopic (exact) mass is 379 g/mol. The van der Waals surface area contributed by atoms with Crippen LogP contribution in [0, 0.1) is 12.7 Å². The number of benzene rings is 2. The molecule has 0 aliphatic heterocycles. The van der Waals surface area contributed by atoms with Crippen LogP contribution < -0.4 is 10.1 Å². The molecule has 0 bridgehead atoms. The fourth-order valence-corrected chi connectivity index (χ4v) is 2.91. The van der Waals surface area contributed by atoms with Gasteiger partial charge in [0, 0.05) is 10.9 Å². The van der Waals surface area contributed by atoms with E-state index in [2.05, 4.69) is 15.5 Å². The third kappa shape index (κ3) is 3.59. The maximum atomic E-state index is 13.6. The summed E-state index contributed by atoms with van der Waals surface area (Å²) >= 11 is 0. The number of hydrogen-bond donors (Lipinski definition) is 2.